The zero-order valence-electron chi connectivity index (χ0n) is 14.1. The maximum Gasteiger partial charge on any atom is 0.240 e. The highest BCUT2D eigenvalue weighted by Gasteiger charge is 2.14. The lowest BCUT2D eigenvalue weighted by Crippen LogP contribution is -2.23. The van der Waals surface area contributed by atoms with E-state index >= 15 is 0 Å². The summed E-state index contributed by atoms with van der Waals surface area (Å²) in [5.74, 6) is 0. The first-order chi connectivity index (χ1) is 12.1. The van der Waals surface area contributed by atoms with Gasteiger partial charge >= 0.3 is 0 Å². The van der Waals surface area contributed by atoms with Crippen LogP contribution in [0.1, 0.15) is 18.1 Å². The molecule has 130 valence electrons. The molecule has 3 aromatic carbocycles. The number of ether oxygens (including phenoxy) is 1. The van der Waals surface area contributed by atoms with Crippen molar-refractivity contribution in [3.05, 3.63) is 77.9 Å². The van der Waals surface area contributed by atoms with Crippen LogP contribution in [0.15, 0.2) is 71.6 Å². The van der Waals surface area contributed by atoms with E-state index in [-0.39, 0.29) is 11.4 Å². The van der Waals surface area contributed by atoms with Gasteiger partial charge in [-0.25, -0.2) is 13.1 Å². The summed E-state index contributed by atoms with van der Waals surface area (Å²) in [5, 5.41) is 1.93. The molecular weight excluding hydrogens is 334 g/mol. The van der Waals surface area contributed by atoms with E-state index in [0.717, 1.165) is 21.9 Å². The van der Waals surface area contributed by atoms with Crippen LogP contribution >= 0.6 is 0 Å². The second-order valence-corrected chi connectivity index (χ2v) is 7.55. The Labute approximate surface area is 148 Å². The molecule has 0 fully saturated rings. The van der Waals surface area contributed by atoms with Gasteiger partial charge in [-0.15, -0.1) is 0 Å². The molecule has 0 aliphatic rings. The quantitative estimate of drug-likeness (QED) is 0.700. The molecule has 0 aliphatic heterocycles. The van der Waals surface area contributed by atoms with Crippen molar-refractivity contribution in [1.29, 1.82) is 0 Å². The van der Waals surface area contributed by atoms with Crippen LogP contribution in [0.2, 0.25) is 0 Å². The molecule has 5 heteroatoms. The van der Waals surface area contributed by atoms with Crippen molar-refractivity contribution < 1.29 is 13.2 Å². The van der Waals surface area contributed by atoms with Crippen LogP contribution in [0.3, 0.4) is 0 Å². The van der Waals surface area contributed by atoms with E-state index in [4.69, 9.17) is 4.74 Å². The Hall–Kier alpha value is -2.21. The Morgan fingerprint density at radius 1 is 0.880 bits per heavy atom. The monoisotopic (exact) mass is 355 g/mol. The van der Waals surface area contributed by atoms with Gasteiger partial charge in [0.2, 0.25) is 10.0 Å². The smallest absolute Gasteiger partial charge is 0.240 e. The van der Waals surface area contributed by atoms with Crippen molar-refractivity contribution in [3.63, 3.8) is 0 Å². The molecule has 25 heavy (non-hydrogen) atoms. The lowest BCUT2D eigenvalue weighted by Gasteiger charge is -2.09. The molecule has 0 saturated heterocycles. The SMILES string of the molecule is CCOCc1ccc(CNS(=O)(=O)c2ccc3ccccc3c2)cc1. The summed E-state index contributed by atoms with van der Waals surface area (Å²) in [4.78, 5) is 0.277. The highest BCUT2D eigenvalue weighted by Crippen LogP contribution is 2.19. The molecule has 0 bridgehead atoms. The van der Waals surface area contributed by atoms with Crippen molar-refractivity contribution in [2.24, 2.45) is 0 Å². The summed E-state index contributed by atoms with van der Waals surface area (Å²) in [6.45, 7) is 3.45. The van der Waals surface area contributed by atoms with E-state index in [9.17, 15) is 8.42 Å². The van der Waals surface area contributed by atoms with Crippen molar-refractivity contribution in [2.45, 2.75) is 25.0 Å². The fourth-order valence-corrected chi connectivity index (χ4v) is 3.62. The number of rotatable bonds is 7. The van der Waals surface area contributed by atoms with Crippen molar-refractivity contribution in [1.82, 2.24) is 4.72 Å². The van der Waals surface area contributed by atoms with Gasteiger partial charge in [-0.3, -0.25) is 0 Å². The van der Waals surface area contributed by atoms with E-state index in [2.05, 4.69) is 4.72 Å². The number of hydrogen-bond donors (Lipinski definition) is 1. The summed E-state index contributed by atoms with van der Waals surface area (Å²) >= 11 is 0. The third-order valence-electron chi connectivity index (χ3n) is 3.99. The summed E-state index contributed by atoms with van der Waals surface area (Å²) in [6.07, 6.45) is 0. The average molecular weight is 355 g/mol. The standard InChI is InChI=1S/C20H21NO3S/c1-2-24-15-17-9-7-16(8-10-17)14-21-25(22,23)20-12-11-18-5-3-4-6-19(18)13-20/h3-13,21H,2,14-15H2,1H3. The molecule has 4 nitrogen and oxygen atoms in total. The molecule has 0 amide bonds. The predicted octanol–water partition coefficient (Wildman–Crippen LogP) is 3.85. The van der Waals surface area contributed by atoms with Gasteiger partial charge in [0.1, 0.15) is 0 Å². The minimum Gasteiger partial charge on any atom is -0.377 e. The lowest BCUT2D eigenvalue weighted by molar-refractivity contribution is 0.134. The third-order valence-corrected chi connectivity index (χ3v) is 5.39. The summed E-state index contributed by atoms with van der Waals surface area (Å²) in [5.41, 5.74) is 1.98. The summed E-state index contributed by atoms with van der Waals surface area (Å²) < 4.78 is 33.1. The largest absolute Gasteiger partial charge is 0.377 e. The van der Waals surface area contributed by atoms with Crippen molar-refractivity contribution >= 4 is 20.8 Å². The molecule has 3 rings (SSSR count). The van der Waals surface area contributed by atoms with Crippen LogP contribution in [0.4, 0.5) is 0 Å². The van der Waals surface area contributed by atoms with E-state index in [1.54, 1.807) is 12.1 Å². The first-order valence-corrected chi connectivity index (χ1v) is 9.71. The maximum atomic E-state index is 12.5. The predicted molar refractivity (Wildman–Crippen MR) is 99.7 cm³/mol. The first-order valence-electron chi connectivity index (χ1n) is 8.22. The van der Waals surface area contributed by atoms with E-state index in [0.29, 0.717) is 13.2 Å². The van der Waals surface area contributed by atoms with Gasteiger partial charge in [0.05, 0.1) is 11.5 Å². The lowest BCUT2D eigenvalue weighted by atomic mass is 10.1. The highest BCUT2D eigenvalue weighted by atomic mass is 32.2. The van der Waals surface area contributed by atoms with Gasteiger partial charge in [-0.1, -0.05) is 54.6 Å². The number of sulfonamides is 1. The Balaban J connectivity index is 1.70. The maximum absolute atomic E-state index is 12.5. The van der Waals surface area contributed by atoms with Crippen molar-refractivity contribution in [2.75, 3.05) is 6.61 Å². The minimum absolute atomic E-state index is 0.254. The number of nitrogens with one attached hydrogen (secondary N) is 1. The van der Waals surface area contributed by atoms with Gasteiger partial charge in [0, 0.05) is 13.2 Å². The Morgan fingerprint density at radius 2 is 1.56 bits per heavy atom. The Bertz CT molecular complexity index is 950. The molecule has 3 aromatic rings. The van der Waals surface area contributed by atoms with Gasteiger partial charge in [0.25, 0.3) is 0 Å². The zero-order chi connectivity index (χ0) is 17.7. The molecule has 0 atom stereocenters. The summed E-state index contributed by atoms with van der Waals surface area (Å²) in [6, 6.07) is 20.6. The van der Waals surface area contributed by atoms with E-state index in [1.807, 2.05) is 61.5 Å². The second kappa shape index (κ2) is 7.78. The van der Waals surface area contributed by atoms with Crippen LogP contribution < -0.4 is 4.72 Å². The first kappa shape index (κ1) is 17.6. The zero-order valence-corrected chi connectivity index (χ0v) is 14.9. The second-order valence-electron chi connectivity index (χ2n) is 5.79. The van der Waals surface area contributed by atoms with Crippen LogP contribution in [0.25, 0.3) is 10.8 Å². The van der Waals surface area contributed by atoms with Crippen LogP contribution in [-0.4, -0.2) is 15.0 Å². The molecule has 0 aromatic heterocycles. The Morgan fingerprint density at radius 3 is 2.28 bits per heavy atom. The molecule has 0 aliphatic carbocycles. The van der Waals surface area contributed by atoms with Crippen LogP contribution in [-0.2, 0) is 27.9 Å². The van der Waals surface area contributed by atoms with Gasteiger partial charge in [-0.2, -0.15) is 0 Å². The molecule has 0 heterocycles. The molecular formula is C20H21NO3S. The van der Waals surface area contributed by atoms with Gasteiger partial charge < -0.3 is 4.74 Å². The molecule has 0 unspecified atom stereocenters. The Kier molecular flexibility index (Phi) is 5.48. The molecule has 0 saturated carbocycles. The van der Waals surface area contributed by atoms with Gasteiger partial charge in [-0.05, 0) is 41.0 Å². The van der Waals surface area contributed by atoms with Gasteiger partial charge in [0.15, 0.2) is 0 Å². The third kappa shape index (κ3) is 4.45. The van der Waals surface area contributed by atoms with Crippen molar-refractivity contribution in [3.8, 4) is 0 Å². The molecule has 0 radical (unpaired) electrons. The summed E-state index contributed by atoms with van der Waals surface area (Å²) in [7, 11) is -3.55. The average Bonchev–Trinajstić information content (AvgIpc) is 2.65. The minimum atomic E-state index is -3.55. The van der Waals surface area contributed by atoms with E-state index < -0.39 is 10.0 Å². The topological polar surface area (TPSA) is 55.4 Å². The fraction of sp³-hybridized carbons (Fsp3) is 0.200. The van der Waals surface area contributed by atoms with E-state index in [1.165, 1.54) is 0 Å². The fourth-order valence-electron chi connectivity index (χ4n) is 2.57. The normalized spacial score (nSPS) is 11.7. The number of benzene rings is 3. The number of hydrogen-bond acceptors (Lipinski definition) is 3. The van der Waals surface area contributed by atoms with Crippen LogP contribution in [0.5, 0.6) is 0 Å². The molecule has 0 spiro atoms. The van der Waals surface area contributed by atoms with Crippen LogP contribution in [0, 0.1) is 0 Å². The number of fused-ring (bicyclic) bond motifs is 1. The molecule has 1 N–H and O–H groups in total. The highest BCUT2D eigenvalue weighted by molar-refractivity contribution is 7.89.